The van der Waals surface area contributed by atoms with Crippen LogP contribution in [0.25, 0.3) is 6.08 Å². The first-order valence-corrected chi connectivity index (χ1v) is 14.3. The molecule has 5 rings (SSSR count). The maximum absolute atomic E-state index is 12.7. The van der Waals surface area contributed by atoms with Crippen molar-refractivity contribution < 1.29 is 14.3 Å². The van der Waals surface area contributed by atoms with Gasteiger partial charge in [0.1, 0.15) is 12.4 Å². The molecular weight excluding hydrogens is 565 g/mol. The molecule has 1 N–H and O–H groups in total. The fourth-order valence-electron chi connectivity index (χ4n) is 5.63. The molecule has 0 radical (unpaired) electrons. The summed E-state index contributed by atoms with van der Waals surface area (Å²) in [5.74, 6) is 1.41. The maximum Gasteiger partial charge on any atom is 0.264 e. The van der Waals surface area contributed by atoms with E-state index in [1.54, 1.807) is 19.2 Å². The van der Waals surface area contributed by atoms with Crippen LogP contribution in [0.5, 0.6) is 11.5 Å². The number of hydrogen-bond donors (Lipinski definition) is 1. The summed E-state index contributed by atoms with van der Waals surface area (Å²) in [6.45, 7) is 7.12. The first-order chi connectivity index (χ1) is 18.0. The quantitative estimate of drug-likeness (QED) is 0.272. The van der Waals surface area contributed by atoms with Gasteiger partial charge >= 0.3 is 0 Å². The Bertz CT molecular complexity index is 1380. The molecule has 0 spiro atoms. The van der Waals surface area contributed by atoms with Crippen molar-refractivity contribution in [2.45, 2.75) is 46.6 Å². The Labute approximate surface area is 241 Å². The van der Waals surface area contributed by atoms with Crippen molar-refractivity contribution in [1.29, 1.82) is 0 Å². The van der Waals surface area contributed by atoms with Gasteiger partial charge < -0.3 is 9.47 Å². The molecule has 1 amide bonds. The van der Waals surface area contributed by atoms with Gasteiger partial charge in [-0.25, -0.2) is 0 Å². The van der Waals surface area contributed by atoms with Crippen LogP contribution in [0, 0.1) is 16.7 Å². The molecule has 2 aromatic carbocycles. The third-order valence-electron chi connectivity index (χ3n) is 8.36. The standard InChI is InChI=1S/C28H28Cl3N3O3S/c1-27(2)17-7-8-28(27,3)23(11-17)33-34-26-32-25(35)22(38-26)10-15-5-6-21(36-4)16(9-15)14-37-24-19(30)12-18(29)13-20(24)31/h5-6,9-10,12-13,17H,7-8,11,14H2,1-4H3,(H,32,34,35)/b22-10-,33-23+. The molecule has 2 bridgehead atoms. The summed E-state index contributed by atoms with van der Waals surface area (Å²) in [6.07, 6.45) is 5.17. The summed E-state index contributed by atoms with van der Waals surface area (Å²) in [5, 5.41) is 13.4. The molecule has 6 nitrogen and oxygen atoms in total. The van der Waals surface area contributed by atoms with Gasteiger partial charge in [-0.3, -0.25) is 10.1 Å². The van der Waals surface area contributed by atoms with Gasteiger partial charge in [-0.05, 0) is 78.3 Å². The molecule has 2 atom stereocenters. The zero-order valence-corrected chi connectivity index (χ0v) is 24.6. The van der Waals surface area contributed by atoms with E-state index in [0.717, 1.165) is 29.7 Å². The van der Waals surface area contributed by atoms with Crippen LogP contribution in [-0.4, -0.2) is 23.9 Å². The lowest BCUT2D eigenvalue weighted by molar-refractivity contribution is -0.115. The lowest BCUT2D eigenvalue weighted by Crippen LogP contribution is -2.32. The first-order valence-electron chi connectivity index (χ1n) is 12.3. The average molecular weight is 593 g/mol. The van der Waals surface area contributed by atoms with E-state index in [2.05, 4.69) is 36.3 Å². The molecule has 1 heterocycles. The highest BCUT2D eigenvalue weighted by Gasteiger charge is 2.60. The Morgan fingerprint density at radius 2 is 1.87 bits per heavy atom. The van der Waals surface area contributed by atoms with Crippen LogP contribution in [-0.2, 0) is 11.4 Å². The van der Waals surface area contributed by atoms with Gasteiger partial charge in [-0.1, -0.05) is 61.6 Å². The third-order valence-corrected chi connectivity index (χ3v) is 10.0. The molecule has 2 aromatic rings. The third kappa shape index (κ3) is 4.94. The minimum Gasteiger partial charge on any atom is -0.496 e. The Morgan fingerprint density at radius 1 is 1.13 bits per heavy atom. The predicted molar refractivity (Wildman–Crippen MR) is 157 cm³/mol. The fraction of sp³-hybridized carbons (Fsp3) is 0.393. The van der Waals surface area contributed by atoms with Gasteiger partial charge in [0.15, 0.2) is 10.9 Å². The van der Waals surface area contributed by atoms with Crippen molar-refractivity contribution in [3.8, 4) is 11.5 Å². The van der Waals surface area contributed by atoms with Crippen LogP contribution in [0.2, 0.25) is 15.1 Å². The van der Waals surface area contributed by atoms with Crippen LogP contribution in [0.3, 0.4) is 0 Å². The van der Waals surface area contributed by atoms with Crippen molar-refractivity contribution in [3.63, 3.8) is 0 Å². The number of nitrogens with zero attached hydrogens (tertiary/aromatic N) is 2. The fourth-order valence-corrected chi connectivity index (χ4v) is 7.33. The van der Waals surface area contributed by atoms with Gasteiger partial charge in [0, 0.05) is 21.7 Å². The zero-order chi connectivity index (χ0) is 27.2. The molecule has 2 aliphatic carbocycles. The van der Waals surface area contributed by atoms with Gasteiger partial charge in [-0.2, -0.15) is 5.10 Å². The van der Waals surface area contributed by atoms with E-state index in [-0.39, 0.29) is 23.3 Å². The Balaban J connectivity index is 1.33. The number of halogens is 3. The van der Waals surface area contributed by atoms with E-state index < -0.39 is 0 Å². The summed E-state index contributed by atoms with van der Waals surface area (Å²) >= 11 is 19.8. The lowest BCUT2D eigenvalue weighted by Gasteiger charge is -2.34. The number of fused-ring (bicyclic) bond motifs is 2. The summed E-state index contributed by atoms with van der Waals surface area (Å²) < 4.78 is 11.4. The second-order valence-electron chi connectivity index (χ2n) is 10.6. The van der Waals surface area contributed by atoms with Crippen molar-refractivity contribution >= 4 is 69.4 Å². The van der Waals surface area contributed by atoms with E-state index in [4.69, 9.17) is 44.3 Å². The molecule has 38 heavy (non-hydrogen) atoms. The number of nitrogens with one attached hydrogen (secondary N) is 1. The van der Waals surface area contributed by atoms with E-state index in [0.29, 0.717) is 42.6 Å². The molecule has 0 aromatic heterocycles. The van der Waals surface area contributed by atoms with Crippen LogP contribution >= 0.6 is 46.6 Å². The molecule has 2 saturated carbocycles. The first kappa shape index (κ1) is 27.4. The molecule has 10 heteroatoms. The van der Waals surface area contributed by atoms with Gasteiger partial charge in [-0.15, -0.1) is 5.10 Å². The number of rotatable bonds is 6. The Kier molecular flexibility index (Phi) is 7.50. The average Bonchev–Trinajstić information content (AvgIpc) is 3.38. The minimum atomic E-state index is -0.207. The van der Waals surface area contributed by atoms with Crippen molar-refractivity contribution in [1.82, 2.24) is 5.32 Å². The number of hydrogen-bond acceptors (Lipinski definition) is 6. The maximum atomic E-state index is 12.7. The number of thioether (sulfide) groups is 1. The number of benzene rings is 2. The van der Waals surface area contributed by atoms with Crippen LogP contribution in [0.4, 0.5) is 0 Å². The van der Waals surface area contributed by atoms with Crippen molar-refractivity contribution in [3.05, 3.63) is 61.4 Å². The van der Waals surface area contributed by atoms with E-state index in [1.165, 1.54) is 18.2 Å². The molecular formula is C28H28Cl3N3O3S. The highest BCUT2D eigenvalue weighted by Crippen LogP contribution is 2.64. The molecule has 2 unspecified atom stereocenters. The number of methoxy groups -OCH3 is 1. The summed E-state index contributed by atoms with van der Waals surface area (Å²) in [5.41, 5.74) is 3.00. The van der Waals surface area contributed by atoms with Gasteiger partial charge in [0.05, 0.1) is 22.1 Å². The molecule has 200 valence electrons. The SMILES string of the molecule is COc1ccc(/C=C2\SC(=N/N=C3\CC4CCC3(C)C4(C)C)NC2=O)cc1COc1c(Cl)cc(Cl)cc1Cl. The van der Waals surface area contributed by atoms with Crippen LogP contribution in [0.15, 0.2) is 45.4 Å². The van der Waals surface area contributed by atoms with E-state index in [1.807, 2.05) is 24.3 Å². The number of amidine groups is 1. The number of ether oxygens (including phenoxy) is 2. The highest BCUT2D eigenvalue weighted by atomic mass is 35.5. The number of carbonyl (C=O) groups excluding carboxylic acids is 1. The smallest absolute Gasteiger partial charge is 0.264 e. The Hall–Kier alpha value is -2.19. The molecule has 3 aliphatic rings. The highest BCUT2D eigenvalue weighted by molar-refractivity contribution is 8.18. The summed E-state index contributed by atoms with van der Waals surface area (Å²) in [6, 6.07) is 8.73. The van der Waals surface area contributed by atoms with E-state index in [9.17, 15) is 4.79 Å². The minimum absolute atomic E-state index is 0.0652. The van der Waals surface area contributed by atoms with Crippen molar-refractivity contribution in [2.75, 3.05) is 7.11 Å². The molecule has 1 saturated heterocycles. The van der Waals surface area contributed by atoms with Crippen LogP contribution in [0.1, 0.15) is 51.2 Å². The normalized spacial score (nSPS) is 27.0. The monoisotopic (exact) mass is 591 g/mol. The topological polar surface area (TPSA) is 72.3 Å². The van der Waals surface area contributed by atoms with Gasteiger partial charge in [0.25, 0.3) is 5.91 Å². The Morgan fingerprint density at radius 3 is 2.50 bits per heavy atom. The van der Waals surface area contributed by atoms with Crippen LogP contribution < -0.4 is 14.8 Å². The number of carbonyl (C=O) groups is 1. The van der Waals surface area contributed by atoms with Crippen molar-refractivity contribution in [2.24, 2.45) is 27.0 Å². The second kappa shape index (κ2) is 10.4. The predicted octanol–water partition coefficient (Wildman–Crippen LogP) is 8.00. The van der Waals surface area contributed by atoms with Gasteiger partial charge in [0.2, 0.25) is 0 Å². The largest absolute Gasteiger partial charge is 0.496 e. The molecule has 3 fully saturated rings. The summed E-state index contributed by atoms with van der Waals surface area (Å²) in [7, 11) is 1.58. The van der Waals surface area contributed by atoms with E-state index >= 15 is 0 Å². The lowest BCUT2D eigenvalue weighted by atomic mass is 9.70. The number of amides is 1. The second-order valence-corrected chi connectivity index (χ2v) is 12.9. The zero-order valence-electron chi connectivity index (χ0n) is 21.5. The summed E-state index contributed by atoms with van der Waals surface area (Å²) in [4.78, 5) is 13.2. The molecule has 1 aliphatic heterocycles.